The summed E-state index contributed by atoms with van der Waals surface area (Å²) in [7, 11) is -3.54. The van der Waals surface area contributed by atoms with Gasteiger partial charge >= 0.3 is 0 Å². The summed E-state index contributed by atoms with van der Waals surface area (Å²) >= 11 is 0. The average molecular weight is 353 g/mol. The summed E-state index contributed by atoms with van der Waals surface area (Å²) < 4.78 is 29.6. The number of benzene rings is 2. The van der Waals surface area contributed by atoms with E-state index in [4.69, 9.17) is 0 Å². The van der Waals surface area contributed by atoms with E-state index in [1.807, 2.05) is 48.5 Å². The molecule has 2 heterocycles. The maximum atomic E-state index is 12.7. The monoisotopic (exact) mass is 353 g/mol. The third-order valence-electron chi connectivity index (χ3n) is 4.60. The summed E-state index contributed by atoms with van der Waals surface area (Å²) in [4.78, 5) is 4.38. The second kappa shape index (κ2) is 6.55. The number of rotatable bonds is 4. The largest absolute Gasteiger partial charge is 0.280 e. The minimum absolute atomic E-state index is 0.231. The summed E-state index contributed by atoms with van der Waals surface area (Å²) in [5.41, 5.74) is 4.01. The van der Waals surface area contributed by atoms with E-state index < -0.39 is 10.2 Å². The minimum atomic E-state index is -3.54. The second-order valence-corrected chi connectivity index (χ2v) is 7.93. The van der Waals surface area contributed by atoms with Gasteiger partial charge in [0.1, 0.15) is 0 Å². The normalized spacial score (nSPS) is 15.2. The Morgan fingerprint density at radius 1 is 1.00 bits per heavy atom. The highest BCUT2D eigenvalue weighted by atomic mass is 32.2. The third-order valence-corrected chi connectivity index (χ3v) is 6.10. The molecule has 0 atom stereocenters. The first kappa shape index (κ1) is 16.2. The van der Waals surface area contributed by atoms with Crippen LogP contribution < -0.4 is 4.72 Å². The number of nitrogens with one attached hydrogen (secondary N) is 1. The molecular weight excluding hydrogens is 334 g/mol. The summed E-state index contributed by atoms with van der Waals surface area (Å²) in [5, 5.41) is 1.01. The van der Waals surface area contributed by atoms with Crippen molar-refractivity contribution in [3.8, 4) is 0 Å². The zero-order valence-electron chi connectivity index (χ0n) is 13.7. The molecule has 0 bridgehead atoms. The van der Waals surface area contributed by atoms with Crippen LogP contribution in [0.1, 0.15) is 16.7 Å². The van der Waals surface area contributed by atoms with E-state index >= 15 is 0 Å². The van der Waals surface area contributed by atoms with E-state index in [1.54, 1.807) is 6.20 Å². The van der Waals surface area contributed by atoms with Crippen molar-refractivity contribution in [1.29, 1.82) is 0 Å². The van der Waals surface area contributed by atoms with Gasteiger partial charge in [0.05, 0.1) is 5.52 Å². The molecule has 0 radical (unpaired) electrons. The quantitative estimate of drug-likeness (QED) is 0.784. The van der Waals surface area contributed by atoms with Crippen LogP contribution in [0.15, 0.2) is 60.8 Å². The van der Waals surface area contributed by atoms with Crippen LogP contribution in [-0.4, -0.2) is 24.3 Å². The van der Waals surface area contributed by atoms with Gasteiger partial charge in [0.2, 0.25) is 0 Å². The van der Waals surface area contributed by atoms with Crippen LogP contribution in [-0.2, 0) is 29.7 Å². The van der Waals surface area contributed by atoms with Gasteiger partial charge in [-0.15, -0.1) is 0 Å². The fraction of sp³-hybridized carbons (Fsp3) is 0.211. The first-order valence-corrected chi connectivity index (χ1v) is 9.72. The Bertz CT molecular complexity index is 1010. The second-order valence-electron chi connectivity index (χ2n) is 6.17. The van der Waals surface area contributed by atoms with Crippen LogP contribution in [0.2, 0.25) is 0 Å². The molecular formula is C19H19N3O2S. The fourth-order valence-corrected chi connectivity index (χ4v) is 4.41. The van der Waals surface area contributed by atoms with Gasteiger partial charge in [0.15, 0.2) is 0 Å². The highest BCUT2D eigenvalue weighted by molar-refractivity contribution is 7.87. The Morgan fingerprint density at radius 2 is 1.80 bits per heavy atom. The average Bonchev–Trinajstić information content (AvgIpc) is 2.66. The standard InChI is InChI=1S/C19H19N3O2S/c23-25(24,22-12-10-15-5-1-2-6-18(15)14-22)21-13-17-8-3-7-16-9-4-11-20-19(16)17/h1-9,11,21H,10,12-14H2. The molecule has 5 nitrogen and oxygen atoms in total. The molecule has 1 aromatic heterocycles. The van der Waals surface area contributed by atoms with Crippen LogP contribution in [0.3, 0.4) is 0 Å². The van der Waals surface area contributed by atoms with E-state index in [9.17, 15) is 8.42 Å². The predicted molar refractivity (Wildman–Crippen MR) is 98.1 cm³/mol. The lowest BCUT2D eigenvalue weighted by Gasteiger charge is -2.28. The Morgan fingerprint density at radius 3 is 2.68 bits per heavy atom. The van der Waals surface area contributed by atoms with Gasteiger partial charge in [-0.1, -0.05) is 48.5 Å². The third kappa shape index (κ3) is 3.28. The van der Waals surface area contributed by atoms with Crippen molar-refractivity contribution < 1.29 is 8.42 Å². The Hall–Kier alpha value is -2.28. The zero-order chi connectivity index (χ0) is 17.3. The molecule has 6 heteroatoms. The molecule has 128 valence electrons. The number of hydrogen-bond acceptors (Lipinski definition) is 3. The van der Waals surface area contributed by atoms with Gasteiger partial charge in [-0.2, -0.15) is 17.4 Å². The van der Waals surface area contributed by atoms with E-state index in [0.717, 1.165) is 28.5 Å². The smallest absolute Gasteiger partial charge is 0.256 e. The molecule has 0 fully saturated rings. The van der Waals surface area contributed by atoms with Crippen molar-refractivity contribution in [2.45, 2.75) is 19.5 Å². The lowest BCUT2D eigenvalue weighted by atomic mass is 10.0. The van der Waals surface area contributed by atoms with E-state index in [0.29, 0.717) is 13.1 Å². The molecule has 0 spiro atoms. The molecule has 0 amide bonds. The highest BCUT2D eigenvalue weighted by Crippen LogP contribution is 2.21. The molecule has 1 aliphatic heterocycles. The van der Waals surface area contributed by atoms with E-state index in [2.05, 4.69) is 15.8 Å². The maximum absolute atomic E-state index is 12.7. The first-order chi connectivity index (χ1) is 12.1. The highest BCUT2D eigenvalue weighted by Gasteiger charge is 2.26. The van der Waals surface area contributed by atoms with Gasteiger partial charge < -0.3 is 0 Å². The summed E-state index contributed by atoms with van der Waals surface area (Å²) in [6.07, 6.45) is 2.47. The molecule has 1 aliphatic rings. The number of hydrogen-bond donors (Lipinski definition) is 1. The van der Waals surface area contributed by atoms with Crippen molar-refractivity contribution in [3.63, 3.8) is 0 Å². The number of aromatic nitrogens is 1. The number of fused-ring (bicyclic) bond motifs is 2. The summed E-state index contributed by atoms with van der Waals surface area (Å²) in [6.45, 7) is 1.15. The number of pyridine rings is 1. The van der Waals surface area contributed by atoms with Crippen LogP contribution in [0.5, 0.6) is 0 Å². The number of para-hydroxylation sites is 1. The molecule has 0 unspecified atom stereocenters. The van der Waals surface area contributed by atoms with E-state index in [-0.39, 0.29) is 6.54 Å². The van der Waals surface area contributed by atoms with Gasteiger partial charge in [-0.25, -0.2) is 0 Å². The molecule has 2 aromatic carbocycles. The lowest BCUT2D eigenvalue weighted by molar-refractivity contribution is 0.384. The van der Waals surface area contributed by atoms with Crippen molar-refractivity contribution in [2.75, 3.05) is 6.54 Å². The van der Waals surface area contributed by atoms with Crippen LogP contribution in [0.4, 0.5) is 0 Å². The Balaban J connectivity index is 1.52. The molecule has 0 aliphatic carbocycles. The summed E-state index contributed by atoms with van der Waals surface area (Å²) in [5.74, 6) is 0. The van der Waals surface area contributed by atoms with Gasteiger partial charge in [0.25, 0.3) is 10.2 Å². The van der Waals surface area contributed by atoms with Crippen LogP contribution in [0.25, 0.3) is 10.9 Å². The van der Waals surface area contributed by atoms with Crippen molar-refractivity contribution in [3.05, 3.63) is 77.5 Å². The summed E-state index contributed by atoms with van der Waals surface area (Å²) in [6, 6.07) is 17.7. The molecule has 0 saturated carbocycles. The zero-order valence-corrected chi connectivity index (χ0v) is 14.5. The fourth-order valence-electron chi connectivity index (χ4n) is 3.25. The lowest BCUT2D eigenvalue weighted by Crippen LogP contribution is -2.43. The van der Waals surface area contributed by atoms with Gasteiger partial charge in [-0.3, -0.25) is 4.98 Å². The molecule has 25 heavy (non-hydrogen) atoms. The molecule has 4 rings (SSSR count). The number of nitrogens with zero attached hydrogens (tertiary/aromatic N) is 2. The predicted octanol–water partition coefficient (Wildman–Crippen LogP) is 2.63. The maximum Gasteiger partial charge on any atom is 0.280 e. The topological polar surface area (TPSA) is 62.3 Å². The van der Waals surface area contributed by atoms with Gasteiger partial charge in [-0.05, 0) is 29.2 Å². The van der Waals surface area contributed by atoms with Crippen molar-refractivity contribution in [2.24, 2.45) is 0 Å². The SMILES string of the molecule is O=S(=O)(NCc1cccc2cccnc12)N1CCc2ccccc2C1. The van der Waals surface area contributed by atoms with E-state index in [1.165, 1.54) is 9.87 Å². The van der Waals surface area contributed by atoms with Crippen molar-refractivity contribution in [1.82, 2.24) is 14.0 Å². The molecule has 1 N–H and O–H groups in total. The Kier molecular flexibility index (Phi) is 4.25. The minimum Gasteiger partial charge on any atom is -0.256 e. The first-order valence-electron chi connectivity index (χ1n) is 8.28. The van der Waals surface area contributed by atoms with Gasteiger partial charge in [0, 0.05) is 31.2 Å². The van der Waals surface area contributed by atoms with Crippen LogP contribution >= 0.6 is 0 Å². The van der Waals surface area contributed by atoms with Crippen LogP contribution in [0, 0.1) is 0 Å². The van der Waals surface area contributed by atoms with Crippen molar-refractivity contribution >= 4 is 21.1 Å². The Labute approximate surface area is 147 Å². The molecule has 0 saturated heterocycles. The molecule has 3 aromatic rings.